The highest BCUT2D eigenvalue weighted by atomic mass is 16.5. The van der Waals surface area contributed by atoms with Crippen LogP contribution < -0.4 is 5.32 Å². The van der Waals surface area contributed by atoms with E-state index in [-0.39, 0.29) is 18.5 Å². The van der Waals surface area contributed by atoms with Crippen LogP contribution >= 0.6 is 0 Å². The molecule has 67 heavy (non-hydrogen) atoms. The lowest BCUT2D eigenvalue weighted by molar-refractivity contribution is -0.143. The van der Waals surface area contributed by atoms with Crippen LogP contribution in [-0.2, 0) is 14.3 Å². The van der Waals surface area contributed by atoms with E-state index in [9.17, 15) is 19.8 Å². The van der Waals surface area contributed by atoms with Crippen molar-refractivity contribution in [3.63, 3.8) is 0 Å². The summed E-state index contributed by atoms with van der Waals surface area (Å²) in [6.07, 6.45) is 70.3. The summed E-state index contributed by atoms with van der Waals surface area (Å²) in [6.45, 7) is 4.89. The summed E-state index contributed by atoms with van der Waals surface area (Å²) in [5.74, 6) is -0.0810. The summed E-state index contributed by atoms with van der Waals surface area (Å²) in [5, 5.41) is 23.0. The molecule has 0 aromatic carbocycles. The SMILES string of the molecule is CCCCCCCC/C=C\CCCCCCCCCCCC(=O)OCCCCCCCCCCC/C=C\CCCCCCCC(=O)NC(CO)C(O)/C=C/CCCCCCCCCCCCC. The Morgan fingerprint density at radius 2 is 0.701 bits per heavy atom. The van der Waals surface area contributed by atoms with E-state index in [0.717, 1.165) is 57.8 Å². The molecule has 0 saturated carbocycles. The number of hydrogen-bond donors (Lipinski definition) is 3. The van der Waals surface area contributed by atoms with Gasteiger partial charge >= 0.3 is 5.97 Å². The maximum Gasteiger partial charge on any atom is 0.305 e. The van der Waals surface area contributed by atoms with Crippen molar-refractivity contribution in [2.75, 3.05) is 13.2 Å². The number of allylic oxidation sites excluding steroid dienone is 5. The van der Waals surface area contributed by atoms with Crippen LogP contribution in [0.3, 0.4) is 0 Å². The van der Waals surface area contributed by atoms with Crippen molar-refractivity contribution >= 4 is 11.9 Å². The van der Waals surface area contributed by atoms with Crippen LogP contribution in [0.15, 0.2) is 36.5 Å². The molecule has 0 aromatic heterocycles. The van der Waals surface area contributed by atoms with Crippen molar-refractivity contribution in [1.82, 2.24) is 5.32 Å². The van der Waals surface area contributed by atoms with Gasteiger partial charge in [0.05, 0.1) is 25.4 Å². The summed E-state index contributed by atoms with van der Waals surface area (Å²) in [4.78, 5) is 24.5. The van der Waals surface area contributed by atoms with Crippen molar-refractivity contribution in [3.05, 3.63) is 36.5 Å². The molecule has 2 unspecified atom stereocenters. The van der Waals surface area contributed by atoms with Crippen molar-refractivity contribution in [3.8, 4) is 0 Å². The molecular formula is C61H115NO5. The fourth-order valence-corrected chi connectivity index (χ4v) is 9.03. The molecule has 0 rings (SSSR count). The Balaban J connectivity index is 3.44. The zero-order chi connectivity index (χ0) is 48.6. The molecule has 3 N–H and O–H groups in total. The molecule has 0 spiro atoms. The third kappa shape index (κ3) is 53.3. The fraction of sp³-hybridized carbons (Fsp3) is 0.869. The average Bonchev–Trinajstić information content (AvgIpc) is 3.33. The predicted molar refractivity (Wildman–Crippen MR) is 292 cm³/mol. The molecule has 0 aromatic rings. The minimum atomic E-state index is -0.852. The van der Waals surface area contributed by atoms with E-state index in [1.807, 2.05) is 6.08 Å². The Hall–Kier alpha value is -1.92. The molecule has 0 saturated heterocycles. The Morgan fingerprint density at radius 3 is 1.06 bits per heavy atom. The van der Waals surface area contributed by atoms with Gasteiger partial charge in [0.15, 0.2) is 0 Å². The van der Waals surface area contributed by atoms with Gasteiger partial charge in [-0.05, 0) is 83.5 Å². The van der Waals surface area contributed by atoms with Gasteiger partial charge in [-0.25, -0.2) is 0 Å². The van der Waals surface area contributed by atoms with E-state index in [4.69, 9.17) is 4.74 Å². The van der Waals surface area contributed by atoms with E-state index >= 15 is 0 Å². The third-order valence-corrected chi connectivity index (χ3v) is 13.6. The molecule has 1 amide bonds. The summed E-state index contributed by atoms with van der Waals surface area (Å²) >= 11 is 0. The standard InChI is InChI=1S/C61H115NO5/c1-3-5-7-9-11-13-15-17-18-19-20-24-27-31-35-39-43-47-51-55-61(66)67-56-52-48-44-40-36-32-28-25-22-21-23-26-30-34-38-42-46-50-54-60(65)62-58(57-63)59(64)53-49-45-41-37-33-29-16-14-12-10-8-6-4-2/h17-18,23,26,49,53,58-59,63-64H,3-16,19-22,24-25,27-48,50-52,54-57H2,1-2H3,(H,62,65)/b18-17-,26-23-,53-49+. The number of aliphatic hydroxyl groups excluding tert-OH is 2. The second-order valence-corrected chi connectivity index (χ2v) is 20.3. The van der Waals surface area contributed by atoms with Crippen LogP contribution in [0, 0.1) is 0 Å². The van der Waals surface area contributed by atoms with Gasteiger partial charge in [0.2, 0.25) is 5.91 Å². The van der Waals surface area contributed by atoms with E-state index in [2.05, 4.69) is 43.5 Å². The van der Waals surface area contributed by atoms with Crippen molar-refractivity contribution in [1.29, 1.82) is 0 Å². The molecule has 0 heterocycles. The summed E-state index contributed by atoms with van der Waals surface area (Å²) < 4.78 is 5.49. The summed E-state index contributed by atoms with van der Waals surface area (Å²) in [5.41, 5.74) is 0. The van der Waals surface area contributed by atoms with Gasteiger partial charge in [0.1, 0.15) is 0 Å². The first-order valence-electron chi connectivity index (χ1n) is 29.8. The Bertz CT molecular complexity index is 1090. The monoisotopic (exact) mass is 942 g/mol. The zero-order valence-corrected chi connectivity index (χ0v) is 44.9. The highest BCUT2D eigenvalue weighted by molar-refractivity contribution is 5.76. The third-order valence-electron chi connectivity index (χ3n) is 13.6. The van der Waals surface area contributed by atoms with Crippen LogP contribution in [-0.4, -0.2) is 47.4 Å². The minimum absolute atomic E-state index is 0.00151. The molecule has 0 radical (unpaired) electrons. The highest BCUT2D eigenvalue weighted by Gasteiger charge is 2.18. The average molecular weight is 943 g/mol. The highest BCUT2D eigenvalue weighted by Crippen LogP contribution is 2.16. The number of esters is 1. The Morgan fingerprint density at radius 1 is 0.403 bits per heavy atom. The lowest BCUT2D eigenvalue weighted by atomic mass is 10.0. The smallest absolute Gasteiger partial charge is 0.305 e. The van der Waals surface area contributed by atoms with E-state index in [0.29, 0.717) is 19.4 Å². The normalized spacial score (nSPS) is 12.8. The molecule has 394 valence electrons. The number of aliphatic hydroxyl groups is 2. The molecule has 0 aliphatic rings. The summed E-state index contributed by atoms with van der Waals surface area (Å²) in [6, 6.07) is -0.637. The van der Waals surface area contributed by atoms with Crippen LogP contribution in [0.1, 0.15) is 316 Å². The van der Waals surface area contributed by atoms with E-state index in [1.54, 1.807) is 6.08 Å². The topological polar surface area (TPSA) is 95.9 Å². The maximum absolute atomic E-state index is 12.4. The Labute approximate surface area is 417 Å². The molecule has 0 aliphatic carbocycles. The number of ether oxygens (including phenoxy) is 1. The molecule has 0 aliphatic heterocycles. The zero-order valence-electron chi connectivity index (χ0n) is 44.9. The number of carbonyl (C=O) groups is 2. The first kappa shape index (κ1) is 65.1. The lowest BCUT2D eigenvalue weighted by Crippen LogP contribution is -2.45. The Kier molecular flexibility index (Phi) is 55.0. The number of amides is 1. The van der Waals surface area contributed by atoms with Gasteiger partial charge < -0.3 is 20.3 Å². The molecule has 6 heteroatoms. The molecule has 0 bridgehead atoms. The number of carbonyl (C=O) groups excluding carboxylic acids is 2. The number of nitrogens with one attached hydrogen (secondary N) is 1. The fourth-order valence-electron chi connectivity index (χ4n) is 9.03. The number of unbranched alkanes of at least 4 members (excludes halogenated alkanes) is 40. The van der Waals surface area contributed by atoms with Crippen molar-refractivity contribution < 1.29 is 24.5 Å². The number of hydrogen-bond acceptors (Lipinski definition) is 5. The molecule has 0 fully saturated rings. The van der Waals surface area contributed by atoms with Gasteiger partial charge in [-0.1, -0.05) is 256 Å². The molecule has 6 nitrogen and oxygen atoms in total. The first-order valence-corrected chi connectivity index (χ1v) is 29.8. The van der Waals surface area contributed by atoms with Crippen LogP contribution in [0.2, 0.25) is 0 Å². The van der Waals surface area contributed by atoms with Crippen molar-refractivity contribution in [2.24, 2.45) is 0 Å². The first-order chi connectivity index (χ1) is 33.0. The van der Waals surface area contributed by atoms with Crippen molar-refractivity contribution in [2.45, 2.75) is 328 Å². The summed E-state index contributed by atoms with van der Waals surface area (Å²) in [7, 11) is 0. The largest absolute Gasteiger partial charge is 0.466 e. The van der Waals surface area contributed by atoms with Gasteiger partial charge in [-0.3, -0.25) is 9.59 Å². The van der Waals surface area contributed by atoms with Gasteiger partial charge in [-0.2, -0.15) is 0 Å². The van der Waals surface area contributed by atoms with Gasteiger partial charge in [0.25, 0.3) is 0 Å². The van der Waals surface area contributed by atoms with Gasteiger partial charge in [-0.15, -0.1) is 0 Å². The molecule has 2 atom stereocenters. The van der Waals surface area contributed by atoms with E-state index in [1.165, 1.54) is 231 Å². The minimum Gasteiger partial charge on any atom is -0.466 e. The number of rotatable bonds is 55. The van der Waals surface area contributed by atoms with Crippen LogP contribution in [0.25, 0.3) is 0 Å². The molecular weight excluding hydrogens is 827 g/mol. The quantitative estimate of drug-likeness (QED) is 0.0321. The predicted octanol–water partition coefficient (Wildman–Crippen LogP) is 18.4. The maximum atomic E-state index is 12.4. The lowest BCUT2D eigenvalue weighted by Gasteiger charge is -2.20. The van der Waals surface area contributed by atoms with Crippen LogP contribution in [0.5, 0.6) is 0 Å². The second kappa shape index (κ2) is 56.7. The van der Waals surface area contributed by atoms with Gasteiger partial charge in [0, 0.05) is 12.8 Å². The van der Waals surface area contributed by atoms with E-state index < -0.39 is 12.1 Å². The van der Waals surface area contributed by atoms with Crippen LogP contribution in [0.4, 0.5) is 0 Å². The second-order valence-electron chi connectivity index (χ2n) is 20.3.